The number of hydrogen-bond donors (Lipinski definition) is 0. The van der Waals surface area contributed by atoms with E-state index < -0.39 is 5.63 Å². The van der Waals surface area contributed by atoms with Gasteiger partial charge in [0.1, 0.15) is 28.3 Å². The van der Waals surface area contributed by atoms with Gasteiger partial charge in [-0.05, 0) is 67.8 Å². The van der Waals surface area contributed by atoms with E-state index in [4.69, 9.17) is 13.3 Å². The van der Waals surface area contributed by atoms with Crippen LogP contribution in [0.15, 0.2) is 89.6 Å². The van der Waals surface area contributed by atoms with Crippen molar-refractivity contribution in [2.45, 2.75) is 20.8 Å². The predicted octanol–water partition coefficient (Wildman–Crippen LogP) is 6.90. The second-order valence-corrected chi connectivity index (χ2v) is 8.60. The van der Waals surface area contributed by atoms with Crippen LogP contribution in [0.4, 0.5) is 0 Å². The Labute approximate surface area is 193 Å². The van der Waals surface area contributed by atoms with Crippen LogP contribution in [0.25, 0.3) is 55.4 Å². The zero-order valence-electron chi connectivity index (χ0n) is 18.9. The summed E-state index contributed by atoms with van der Waals surface area (Å²) in [5.41, 5.74) is 5.12. The highest BCUT2D eigenvalue weighted by Crippen LogP contribution is 2.36. The van der Waals surface area contributed by atoms with Crippen molar-refractivity contribution in [3.8, 4) is 22.5 Å². The largest absolute Gasteiger partial charge is 0.460 e. The Morgan fingerprint density at radius 1 is 0.647 bits per heavy atom. The van der Waals surface area contributed by atoms with Gasteiger partial charge in [-0.2, -0.15) is 0 Å². The van der Waals surface area contributed by atoms with Gasteiger partial charge in [-0.1, -0.05) is 30.3 Å². The van der Waals surface area contributed by atoms with E-state index in [9.17, 15) is 9.59 Å². The van der Waals surface area contributed by atoms with Crippen LogP contribution in [0.1, 0.15) is 16.9 Å². The number of rotatable bonds is 2. The Morgan fingerprint density at radius 2 is 1.41 bits per heavy atom. The van der Waals surface area contributed by atoms with Gasteiger partial charge >= 0.3 is 5.63 Å². The van der Waals surface area contributed by atoms with Crippen molar-refractivity contribution in [1.29, 1.82) is 0 Å². The maximum Gasteiger partial charge on any atom is 0.336 e. The van der Waals surface area contributed by atoms with Gasteiger partial charge < -0.3 is 13.3 Å². The van der Waals surface area contributed by atoms with E-state index in [0.717, 1.165) is 22.1 Å². The number of aryl methyl sites for hydroxylation is 3. The zero-order chi connectivity index (χ0) is 23.6. The summed E-state index contributed by atoms with van der Waals surface area (Å²) < 4.78 is 17.8. The van der Waals surface area contributed by atoms with Crippen LogP contribution in [0, 0.1) is 20.8 Å². The third-order valence-corrected chi connectivity index (χ3v) is 6.42. The number of benzene rings is 3. The molecule has 0 fully saturated rings. The summed E-state index contributed by atoms with van der Waals surface area (Å²) in [4.78, 5) is 25.7. The average Bonchev–Trinajstić information content (AvgIpc) is 3.25. The van der Waals surface area contributed by atoms with Crippen LogP contribution in [-0.4, -0.2) is 0 Å². The van der Waals surface area contributed by atoms with E-state index in [0.29, 0.717) is 50.2 Å². The van der Waals surface area contributed by atoms with Crippen LogP contribution in [0.5, 0.6) is 0 Å². The highest BCUT2D eigenvalue weighted by atomic mass is 16.4. The fraction of sp³-hybridized carbons (Fsp3) is 0.103. The Kier molecular flexibility index (Phi) is 4.36. The van der Waals surface area contributed by atoms with Gasteiger partial charge in [0.15, 0.2) is 0 Å². The lowest BCUT2D eigenvalue weighted by molar-refractivity contribution is 0.559. The first kappa shape index (κ1) is 20.2. The summed E-state index contributed by atoms with van der Waals surface area (Å²) in [6, 6.07) is 20.1. The molecule has 0 aliphatic rings. The van der Waals surface area contributed by atoms with Gasteiger partial charge in [-0.15, -0.1) is 0 Å². The molecule has 0 N–H and O–H groups in total. The van der Waals surface area contributed by atoms with E-state index >= 15 is 0 Å². The SMILES string of the molecule is Cc1cc2oc(=O)cc(-c3cc4c(ccc5c(=O)c(-c6ccccc6)c(C)oc54)o3)c2cc1C. The molecule has 0 saturated carbocycles. The minimum absolute atomic E-state index is 0.0912. The molecule has 0 amide bonds. The smallest absolute Gasteiger partial charge is 0.336 e. The van der Waals surface area contributed by atoms with Gasteiger partial charge in [0.05, 0.1) is 16.3 Å². The Balaban J connectivity index is 1.63. The van der Waals surface area contributed by atoms with Gasteiger partial charge in [-0.25, -0.2) is 4.79 Å². The summed E-state index contributed by atoms with van der Waals surface area (Å²) in [5, 5.41) is 1.95. The molecule has 5 heteroatoms. The lowest BCUT2D eigenvalue weighted by Crippen LogP contribution is -2.07. The van der Waals surface area contributed by atoms with E-state index in [-0.39, 0.29) is 5.43 Å². The summed E-state index contributed by atoms with van der Waals surface area (Å²) in [6.07, 6.45) is 0. The van der Waals surface area contributed by atoms with Crippen molar-refractivity contribution in [1.82, 2.24) is 0 Å². The normalized spacial score (nSPS) is 11.6. The molecule has 0 radical (unpaired) electrons. The molecular formula is C29H20O5. The number of fused-ring (bicyclic) bond motifs is 4. The monoisotopic (exact) mass is 448 g/mol. The minimum Gasteiger partial charge on any atom is -0.460 e. The molecule has 166 valence electrons. The molecule has 0 atom stereocenters. The van der Waals surface area contributed by atoms with Crippen LogP contribution < -0.4 is 11.1 Å². The van der Waals surface area contributed by atoms with E-state index in [1.165, 1.54) is 6.07 Å². The molecule has 3 aromatic heterocycles. The molecule has 6 rings (SSSR count). The van der Waals surface area contributed by atoms with Crippen LogP contribution in [0.3, 0.4) is 0 Å². The van der Waals surface area contributed by atoms with E-state index in [1.807, 2.05) is 62.4 Å². The van der Waals surface area contributed by atoms with Crippen LogP contribution >= 0.6 is 0 Å². The molecule has 0 bridgehead atoms. The number of hydrogen-bond acceptors (Lipinski definition) is 5. The van der Waals surface area contributed by atoms with E-state index in [2.05, 4.69) is 0 Å². The van der Waals surface area contributed by atoms with Gasteiger partial charge in [0.2, 0.25) is 5.43 Å². The molecule has 6 aromatic rings. The van der Waals surface area contributed by atoms with Crippen molar-refractivity contribution < 1.29 is 13.3 Å². The van der Waals surface area contributed by atoms with Crippen molar-refractivity contribution in [2.24, 2.45) is 0 Å². The van der Waals surface area contributed by atoms with Crippen molar-refractivity contribution >= 4 is 32.9 Å². The summed E-state index contributed by atoms with van der Waals surface area (Å²) >= 11 is 0. The fourth-order valence-corrected chi connectivity index (χ4v) is 4.57. The fourth-order valence-electron chi connectivity index (χ4n) is 4.57. The lowest BCUT2D eigenvalue weighted by atomic mass is 10.0. The molecule has 0 aliphatic carbocycles. The molecule has 34 heavy (non-hydrogen) atoms. The van der Waals surface area contributed by atoms with Gasteiger partial charge in [0, 0.05) is 17.0 Å². The van der Waals surface area contributed by atoms with Crippen LogP contribution in [0.2, 0.25) is 0 Å². The lowest BCUT2D eigenvalue weighted by Gasteiger charge is -2.07. The molecule has 3 aromatic carbocycles. The molecular weight excluding hydrogens is 428 g/mol. The van der Waals surface area contributed by atoms with E-state index in [1.54, 1.807) is 19.1 Å². The van der Waals surface area contributed by atoms with Crippen molar-refractivity contribution in [3.63, 3.8) is 0 Å². The summed E-state index contributed by atoms with van der Waals surface area (Å²) in [5.74, 6) is 1.05. The second kappa shape index (κ2) is 7.32. The molecule has 0 aliphatic heterocycles. The minimum atomic E-state index is -0.453. The predicted molar refractivity (Wildman–Crippen MR) is 133 cm³/mol. The molecule has 0 spiro atoms. The molecule has 5 nitrogen and oxygen atoms in total. The first-order valence-corrected chi connectivity index (χ1v) is 11.0. The second-order valence-electron chi connectivity index (χ2n) is 8.60. The van der Waals surface area contributed by atoms with Gasteiger partial charge in [-0.3, -0.25) is 4.79 Å². The third kappa shape index (κ3) is 3.01. The topological polar surface area (TPSA) is 73.6 Å². The maximum absolute atomic E-state index is 13.4. The standard InChI is InChI=1S/C29H20O5/c1-15-11-20-21(14-26(30)34-24(20)12-16(15)2)25-13-22-23(33-25)10-9-19-28(31)27(17(3)32-29(19)22)18-7-5-4-6-8-18/h4-14H,1-3H3. The highest BCUT2D eigenvalue weighted by molar-refractivity contribution is 6.05. The molecule has 0 unspecified atom stereocenters. The highest BCUT2D eigenvalue weighted by Gasteiger charge is 2.19. The number of furan rings is 1. The quantitative estimate of drug-likeness (QED) is 0.269. The Bertz CT molecular complexity index is 1870. The van der Waals surface area contributed by atoms with Crippen molar-refractivity contribution in [2.75, 3.05) is 0 Å². The first-order chi connectivity index (χ1) is 16.4. The Hall–Kier alpha value is -4.38. The van der Waals surface area contributed by atoms with Gasteiger partial charge in [0.25, 0.3) is 0 Å². The third-order valence-electron chi connectivity index (χ3n) is 6.42. The zero-order valence-corrected chi connectivity index (χ0v) is 18.9. The molecule has 3 heterocycles. The average molecular weight is 448 g/mol. The summed E-state index contributed by atoms with van der Waals surface area (Å²) in [6.45, 7) is 5.78. The van der Waals surface area contributed by atoms with Crippen molar-refractivity contribution in [3.05, 3.63) is 104 Å². The first-order valence-electron chi connectivity index (χ1n) is 11.0. The summed E-state index contributed by atoms with van der Waals surface area (Å²) in [7, 11) is 0. The van der Waals surface area contributed by atoms with Crippen LogP contribution in [-0.2, 0) is 0 Å². The Morgan fingerprint density at radius 3 is 2.21 bits per heavy atom. The maximum atomic E-state index is 13.4. The molecule has 0 saturated heterocycles.